The topological polar surface area (TPSA) is 93.9 Å². The molecule has 0 aliphatic rings. The van der Waals surface area contributed by atoms with E-state index in [9.17, 15) is 0 Å². The summed E-state index contributed by atoms with van der Waals surface area (Å²) in [6.45, 7) is 2.07. The maximum Gasteiger partial charge on any atom is 0.188 e. The molecule has 60 valence electrons. The highest BCUT2D eigenvalue weighted by atomic mass is 16.5. The molecule has 5 N–H and O–H groups in total. The van der Waals surface area contributed by atoms with Crippen LogP contribution in [0.5, 0.6) is 0 Å². The average Bonchev–Trinajstić information content (AvgIpc) is 1.86. The Morgan fingerprint density at radius 3 is 2.60 bits per heavy atom. The molecule has 5 heteroatoms. The van der Waals surface area contributed by atoms with E-state index in [1.807, 2.05) is 0 Å². The Bertz CT molecular complexity index is 111. The van der Waals surface area contributed by atoms with Gasteiger partial charge in [-0.25, -0.2) is 4.99 Å². The van der Waals surface area contributed by atoms with Gasteiger partial charge in [-0.15, -0.1) is 0 Å². The molecule has 0 amide bonds. The first-order valence-electron chi connectivity index (χ1n) is 3.02. The number of hydrogen-bond donors (Lipinski definition) is 3. The summed E-state index contributed by atoms with van der Waals surface area (Å²) in [6, 6.07) is 0. The number of guanidine groups is 1. The van der Waals surface area contributed by atoms with Crippen molar-refractivity contribution in [2.24, 2.45) is 16.5 Å². The molecule has 0 bridgehead atoms. The zero-order valence-electron chi connectivity index (χ0n) is 5.95. The van der Waals surface area contributed by atoms with Crippen LogP contribution in [0.1, 0.15) is 6.92 Å². The SMILES string of the molecule is CCOC(CO)N=C(N)N. The molecule has 0 aliphatic carbocycles. The summed E-state index contributed by atoms with van der Waals surface area (Å²) in [7, 11) is 0. The second-order valence-electron chi connectivity index (χ2n) is 1.65. The average molecular weight is 147 g/mol. The van der Waals surface area contributed by atoms with Crippen LogP contribution in [0.3, 0.4) is 0 Å². The predicted octanol–water partition coefficient (Wildman–Crippen LogP) is -1.39. The lowest BCUT2D eigenvalue weighted by Crippen LogP contribution is -2.28. The van der Waals surface area contributed by atoms with Crippen molar-refractivity contribution in [1.82, 2.24) is 0 Å². The van der Waals surface area contributed by atoms with Crippen LogP contribution in [-0.4, -0.2) is 30.5 Å². The molecule has 0 aromatic heterocycles. The number of aliphatic hydroxyl groups excluding tert-OH is 1. The Morgan fingerprint density at radius 2 is 2.30 bits per heavy atom. The van der Waals surface area contributed by atoms with Gasteiger partial charge in [-0.05, 0) is 6.92 Å². The summed E-state index contributed by atoms with van der Waals surface area (Å²) >= 11 is 0. The lowest BCUT2D eigenvalue weighted by atomic mass is 10.6. The summed E-state index contributed by atoms with van der Waals surface area (Å²) < 4.78 is 4.90. The zero-order chi connectivity index (χ0) is 7.98. The van der Waals surface area contributed by atoms with Gasteiger partial charge in [0.2, 0.25) is 0 Å². The largest absolute Gasteiger partial charge is 0.392 e. The summed E-state index contributed by atoms with van der Waals surface area (Å²) in [6.07, 6.45) is -0.616. The van der Waals surface area contributed by atoms with Crippen molar-refractivity contribution in [3.63, 3.8) is 0 Å². The molecule has 1 unspecified atom stereocenters. The molecule has 0 fully saturated rings. The van der Waals surface area contributed by atoms with Gasteiger partial charge >= 0.3 is 0 Å². The van der Waals surface area contributed by atoms with E-state index in [2.05, 4.69) is 4.99 Å². The highest BCUT2D eigenvalue weighted by Gasteiger charge is 2.02. The van der Waals surface area contributed by atoms with Gasteiger partial charge in [0.05, 0.1) is 6.61 Å². The van der Waals surface area contributed by atoms with Crippen molar-refractivity contribution in [3.05, 3.63) is 0 Å². The third-order valence-corrected chi connectivity index (χ3v) is 0.808. The molecule has 0 aromatic rings. The van der Waals surface area contributed by atoms with Crippen molar-refractivity contribution in [3.8, 4) is 0 Å². The van der Waals surface area contributed by atoms with Crippen LogP contribution < -0.4 is 11.5 Å². The third kappa shape index (κ3) is 4.11. The number of aliphatic hydroxyl groups is 1. The molecule has 0 aliphatic heterocycles. The Labute approximate surface area is 59.7 Å². The molecule has 0 saturated carbocycles. The van der Waals surface area contributed by atoms with Crippen molar-refractivity contribution in [2.45, 2.75) is 13.2 Å². The normalized spacial score (nSPS) is 12.6. The Balaban J connectivity index is 3.71. The summed E-state index contributed by atoms with van der Waals surface area (Å²) in [4.78, 5) is 3.59. The Hall–Kier alpha value is -0.810. The molecule has 1 atom stereocenters. The fraction of sp³-hybridized carbons (Fsp3) is 0.800. The number of nitrogens with two attached hydrogens (primary N) is 2. The third-order valence-electron chi connectivity index (χ3n) is 0.808. The molecule has 0 saturated heterocycles. The monoisotopic (exact) mass is 147 g/mol. The molecular formula is C5H13N3O2. The van der Waals surface area contributed by atoms with Crippen molar-refractivity contribution in [1.29, 1.82) is 0 Å². The van der Waals surface area contributed by atoms with Crippen LogP contribution in [0, 0.1) is 0 Å². The van der Waals surface area contributed by atoms with Crippen LogP contribution in [0.15, 0.2) is 4.99 Å². The molecule has 5 nitrogen and oxygen atoms in total. The summed E-state index contributed by atoms with van der Waals surface area (Å²) in [5.41, 5.74) is 10.1. The molecular weight excluding hydrogens is 134 g/mol. The zero-order valence-corrected chi connectivity index (χ0v) is 5.95. The van der Waals surface area contributed by atoms with Crippen LogP contribution in [0.25, 0.3) is 0 Å². The van der Waals surface area contributed by atoms with Crippen LogP contribution in [0.2, 0.25) is 0 Å². The van der Waals surface area contributed by atoms with E-state index in [1.165, 1.54) is 0 Å². The minimum absolute atomic E-state index is 0.0764. The highest BCUT2D eigenvalue weighted by Crippen LogP contribution is 1.90. The van der Waals surface area contributed by atoms with Crippen LogP contribution in [-0.2, 0) is 4.74 Å². The second-order valence-corrected chi connectivity index (χ2v) is 1.65. The van der Waals surface area contributed by atoms with Gasteiger partial charge in [0, 0.05) is 6.61 Å². The summed E-state index contributed by atoms with van der Waals surface area (Å²) in [5, 5.41) is 8.56. The van der Waals surface area contributed by atoms with Gasteiger partial charge in [-0.3, -0.25) is 0 Å². The Kier molecular flexibility index (Phi) is 4.61. The molecule has 0 radical (unpaired) electrons. The highest BCUT2D eigenvalue weighted by molar-refractivity contribution is 5.75. The van der Waals surface area contributed by atoms with E-state index >= 15 is 0 Å². The standard InChI is InChI=1S/C5H13N3O2/c1-2-10-4(3-9)8-5(6)7/h4,9H,2-3H2,1H3,(H4,6,7,8). The molecule has 0 spiro atoms. The first-order valence-corrected chi connectivity index (χ1v) is 3.02. The number of nitrogens with zero attached hydrogens (tertiary/aromatic N) is 1. The van der Waals surface area contributed by atoms with E-state index in [4.69, 9.17) is 21.3 Å². The number of aliphatic imine (C=N–C) groups is 1. The van der Waals surface area contributed by atoms with E-state index in [0.717, 1.165) is 0 Å². The minimum atomic E-state index is -0.616. The lowest BCUT2D eigenvalue weighted by molar-refractivity contribution is 0.0261. The van der Waals surface area contributed by atoms with Crippen molar-refractivity contribution in [2.75, 3.05) is 13.2 Å². The van der Waals surface area contributed by atoms with Gasteiger partial charge in [-0.1, -0.05) is 0 Å². The predicted molar refractivity (Wildman–Crippen MR) is 38.3 cm³/mol. The van der Waals surface area contributed by atoms with Gasteiger partial charge in [0.25, 0.3) is 0 Å². The van der Waals surface area contributed by atoms with E-state index in [1.54, 1.807) is 6.92 Å². The van der Waals surface area contributed by atoms with Gasteiger partial charge in [0.1, 0.15) is 0 Å². The van der Waals surface area contributed by atoms with Crippen LogP contribution >= 0.6 is 0 Å². The van der Waals surface area contributed by atoms with Crippen molar-refractivity contribution < 1.29 is 9.84 Å². The van der Waals surface area contributed by atoms with Gasteiger partial charge < -0.3 is 21.3 Å². The quantitative estimate of drug-likeness (QED) is 0.337. The van der Waals surface area contributed by atoms with Gasteiger partial charge in [-0.2, -0.15) is 0 Å². The maximum atomic E-state index is 8.56. The second kappa shape index (κ2) is 5.01. The molecule has 10 heavy (non-hydrogen) atoms. The first-order chi connectivity index (χ1) is 4.70. The number of rotatable bonds is 4. The summed E-state index contributed by atoms with van der Waals surface area (Å²) in [5.74, 6) is -0.0764. The number of ether oxygens (including phenoxy) is 1. The molecule has 0 rings (SSSR count). The fourth-order valence-electron chi connectivity index (χ4n) is 0.489. The Morgan fingerprint density at radius 1 is 1.70 bits per heavy atom. The lowest BCUT2D eigenvalue weighted by Gasteiger charge is -2.08. The first kappa shape index (κ1) is 9.19. The van der Waals surface area contributed by atoms with Gasteiger partial charge in [0.15, 0.2) is 12.2 Å². The molecule has 0 heterocycles. The van der Waals surface area contributed by atoms with E-state index in [-0.39, 0.29) is 12.6 Å². The van der Waals surface area contributed by atoms with E-state index in [0.29, 0.717) is 6.61 Å². The number of hydrogen-bond acceptors (Lipinski definition) is 3. The maximum absolute atomic E-state index is 8.56. The van der Waals surface area contributed by atoms with E-state index < -0.39 is 6.23 Å². The smallest absolute Gasteiger partial charge is 0.188 e. The van der Waals surface area contributed by atoms with Crippen LogP contribution in [0.4, 0.5) is 0 Å². The minimum Gasteiger partial charge on any atom is -0.392 e. The fourth-order valence-corrected chi connectivity index (χ4v) is 0.489. The van der Waals surface area contributed by atoms with Crippen molar-refractivity contribution >= 4 is 5.96 Å². The molecule has 0 aromatic carbocycles.